The quantitative estimate of drug-likeness (QED) is 0.271. The molecule has 1 aromatic heterocycles. The molecule has 0 saturated heterocycles. The molecule has 0 aliphatic heterocycles. The lowest BCUT2D eigenvalue weighted by Gasteiger charge is -2.46. The standard InChI is InChI=1S/C30H36N4/c1-4-5-21-34(25-33-22-20-31-24-33)30(27-12-8-6-9-13-27,28-14-10-7-11-15-28)23-26-16-18-29(19-17-26)32(2)3/h6-20,22,24H,4-5,21,23,25H2,1-3H3. The molecular weight excluding hydrogens is 416 g/mol. The molecule has 4 rings (SSSR count). The van der Waals surface area contributed by atoms with Crippen molar-refractivity contribution in [2.45, 2.75) is 38.4 Å². The molecule has 0 aliphatic rings. The zero-order chi connectivity index (χ0) is 23.8. The predicted molar refractivity (Wildman–Crippen MR) is 142 cm³/mol. The van der Waals surface area contributed by atoms with Crippen molar-refractivity contribution in [1.29, 1.82) is 0 Å². The molecule has 4 heteroatoms. The largest absolute Gasteiger partial charge is 0.378 e. The Morgan fingerprint density at radius 2 is 1.44 bits per heavy atom. The fraction of sp³-hybridized carbons (Fsp3) is 0.300. The summed E-state index contributed by atoms with van der Waals surface area (Å²) in [5.41, 5.74) is 4.85. The van der Waals surface area contributed by atoms with Crippen LogP contribution < -0.4 is 4.90 Å². The third kappa shape index (κ3) is 5.23. The second kappa shape index (κ2) is 11.2. The molecule has 0 radical (unpaired) electrons. The lowest BCUT2D eigenvalue weighted by atomic mass is 9.76. The highest BCUT2D eigenvalue weighted by atomic mass is 15.3. The number of hydrogen-bond acceptors (Lipinski definition) is 3. The van der Waals surface area contributed by atoms with Crippen LogP contribution in [0.5, 0.6) is 0 Å². The van der Waals surface area contributed by atoms with Gasteiger partial charge in [-0.15, -0.1) is 0 Å². The zero-order valence-electron chi connectivity index (χ0n) is 20.6. The first-order valence-electron chi connectivity index (χ1n) is 12.2. The average Bonchev–Trinajstić information content (AvgIpc) is 3.40. The molecule has 0 bridgehead atoms. The van der Waals surface area contributed by atoms with Crippen molar-refractivity contribution in [2.75, 3.05) is 25.5 Å². The van der Waals surface area contributed by atoms with Gasteiger partial charge in [0.2, 0.25) is 0 Å². The molecule has 0 aliphatic carbocycles. The molecule has 4 aromatic rings. The molecule has 0 saturated carbocycles. The molecule has 4 nitrogen and oxygen atoms in total. The van der Waals surface area contributed by atoms with Crippen molar-refractivity contribution in [3.63, 3.8) is 0 Å². The van der Waals surface area contributed by atoms with E-state index in [2.05, 4.69) is 131 Å². The molecule has 1 heterocycles. The number of rotatable bonds is 11. The first-order valence-corrected chi connectivity index (χ1v) is 12.2. The molecule has 3 aromatic carbocycles. The Morgan fingerprint density at radius 1 is 0.824 bits per heavy atom. The molecule has 0 amide bonds. The van der Waals surface area contributed by atoms with Crippen LogP contribution in [0.15, 0.2) is 104 Å². The molecule has 0 fully saturated rings. The fourth-order valence-electron chi connectivity index (χ4n) is 4.78. The minimum Gasteiger partial charge on any atom is -0.378 e. The van der Waals surface area contributed by atoms with Gasteiger partial charge in [0.05, 0.1) is 18.5 Å². The Hall–Kier alpha value is -3.37. The fourth-order valence-corrected chi connectivity index (χ4v) is 4.78. The third-order valence-electron chi connectivity index (χ3n) is 6.63. The smallest absolute Gasteiger partial charge is 0.0956 e. The van der Waals surface area contributed by atoms with Crippen LogP contribution in [0.4, 0.5) is 5.69 Å². The van der Waals surface area contributed by atoms with E-state index in [1.54, 1.807) is 0 Å². The first-order chi connectivity index (χ1) is 16.6. The van der Waals surface area contributed by atoms with Gasteiger partial charge in [-0.2, -0.15) is 0 Å². The highest BCUT2D eigenvalue weighted by Crippen LogP contribution is 2.40. The monoisotopic (exact) mass is 452 g/mol. The van der Waals surface area contributed by atoms with Crippen LogP contribution >= 0.6 is 0 Å². The summed E-state index contributed by atoms with van der Waals surface area (Å²) in [4.78, 5) is 9.12. The van der Waals surface area contributed by atoms with E-state index in [1.807, 2.05) is 12.5 Å². The van der Waals surface area contributed by atoms with E-state index < -0.39 is 0 Å². The first kappa shape index (κ1) is 23.8. The Bertz CT molecular complexity index is 1060. The van der Waals surface area contributed by atoms with E-state index in [0.29, 0.717) is 0 Å². The number of nitrogens with zero attached hydrogens (tertiary/aromatic N) is 4. The van der Waals surface area contributed by atoms with Crippen LogP contribution in [0.2, 0.25) is 0 Å². The minimum absolute atomic E-state index is 0.318. The number of imidazole rings is 1. The normalized spacial score (nSPS) is 11.6. The molecular formula is C30H36N4. The van der Waals surface area contributed by atoms with Crippen molar-refractivity contribution >= 4 is 5.69 Å². The maximum atomic E-state index is 4.32. The van der Waals surface area contributed by atoms with E-state index in [4.69, 9.17) is 0 Å². The zero-order valence-corrected chi connectivity index (χ0v) is 20.6. The summed E-state index contributed by atoms with van der Waals surface area (Å²) >= 11 is 0. The second-order valence-electron chi connectivity index (χ2n) is 9.17. The van der Waals surface area contributed by atoms with Gasteiger partial charge in [-0.1, -0.05) is 86.1 Å². The second-order valence-corrected chi connectivity index (χ2v) is 9.17. The van der Waals surface area contributed by atoms with Crippen LogP contribution in [0, 0.1) is 0 Å². The van der Waals surface area contributed by atoms with Gasteiger partial charge in [0.1, 0.15) is 0 Å². The van der Waals surface area contributed by atoms with Crippen molar-refractivity contribution in [1.82, 2.24) is 14.5 Å². The summed E-state index contributed by atoms with van der Waals surface area (Å²) in [5, 5.41) is 0. The van der Waals surface area contributed by atoms with E-state index in [9.17, 15) is 0 Å². The van der Waals surface area contributed by atoms with E-state index in [-0.39, 0.29) is 5.54 Å². The van der Waals surface area contributed by atoms with Crippen LogP contribution in [0.25, 0.3) is 0 Å². The van der Waals surface area contributed by atoms with E-state index in [0.717, 1.165) is 32.5 Å². The van der Waals surface area contributed by atoms with Crippen LogP contribution in [0.3, 0.4) is 0 Å². The average molecular weight is 453 g/mol. The topological polar surface area (TPSA) is 24.3 Å². The number of anilines is 1. The molecule has 34 heavy (non-hydrogen) atoms. The molecule has 0 spiro atoms. The maximum absolute atomic E-state index is 4.32. The Morgan fingerprint density at radius 3 is 1.94 bits per heavy atom. The number of aromatic nitrogens is 2. The van der Waals surface area contributed by atoms with E-state index in [1.165, 1.54) is 22.4 Å². The highest BCUT2D eigenvalue weighted by Gasteiger charge is 2.40. The summed E-state index contributed by atoms with van der Waals surface area (Å²) in [6.07, 6.45) is 9.02. The summed E-state index contributed by atoms with van der Waals surface area (Å²) in [6, 6.07) is 31.0. The molecule has 0 N–H and O–H groups in total. The van der Waals surface area contributed by atoms with Gasteiger partial charge in [0.25, 0.3) is 0 Å². The third-order valence-corrected chi connectivity index (χ3v) is 6.63. The highest BCUT2D eigenvalue weighted by molar-refractivity contribution is 5.48. The van der Waals surface area contributed by atoms with Gasteiger partial charge in [0.15, 0.2) is 0 Å². The van der Waals surface area contributed by atoms with Gasteiger partial charge in [0, 0.05) is 38.7 Å². The minimum atomic E-state index is -0.318. The molecule has 0 atom stereocenters. The summed E-state index contributed by atoms with van der Waals surface area (Å²) < 4.78 is 2.19. The van der Waals surface area contributed by atoms with Crippen LogP contribution in [-0.2, 0) is 18.6 Å². The van der Waals surface area contributed by atoms with Crippen molar-refractivity contribution in [2.24, 2.45) is 0 Å². The SMILES string of the molecule is CCCCN(Cn1ccnc1)C(Cc1ccc(N(C)C)cc1)(c1ccccc1)c1ccccc1. The summed E-state index contributed by atoms with van der Waals surface area (Å²) in [6.45, 7) is 4.04. The van der Waals surface area contributed by atoms with Crippen molar-refractivity contribution in [3.8, 4) is 0 Å². The van der Waals surface area contributed by atoms with Gasteiger partial charge in [-0.25, -0.2) is 4.98 Å². The van der Waals surface area contributed by atoms with Gasteiger partial charge in [-0.3, -0.25) is 4.90 Å². The van der Waals surface area contributed by atoms with Gasteiger partial charge >= 0.3 is 0 Å². The Kier molecular flexibility index (Phi) is 7.81. The lowest BCUT2D eigenvalue weighted by molar-refractivity contribution is 0.0814. The number of benzene rings is 3. The maximum Gasteiger partial charge on any atom is 0.0956 e. The van der Waals surface area contributed by atoms with Crippen LogP contribution in [-0.4, -0.2) is 35.1 Å². The summed E-state index contributed by atoms with van der Waals surface area (Å²) in [5.74, 6) is 0. The van der Waals surface area contributed by atoms with E-state index >= 15 is 0 Å². The summed E-state index contributed by atoms with van der Waals surface area (Å²) in [7, 11) is 4.18. The van der Waals surface area contributed by atoms with Crippen LogP contribution in [0.1, 0.15) is 36.5 Å². The Balaban J connectivity index is 1.89. The number of hydrogen-bond donors (Lipinski definition) is 0. The molecule has 0 unspecified atom stereocenters. The van der Waals surface area contributed by atoms with Gasteiger partial charge < -0.3 is 9.47 Å². The molecule has 176 valence electrons. The Labute approximate surface area is 204 Å². The van der Waals surface area contributed by atoms with Gasteiger partial charge in [-0.05, 0) is 41.7 Å². The number of unbranched alkanes of at least 4 members (excludes halogenated alkanes) is 1. The lowest BCUT2D eigenvalue weighted by Crippen LogP contribution is -2.49. The van der Waals surface area contributed by atoms with Crippen molar-refractivity contribution < 1.29 is 0 Å². The van der Waals surface area contributed by atoms with Crippen molar-refractivity contribution in [3.05, 3.63) is 120 Å². The predicted octanol–water partition coefficient (Wildman–Crippen LogP) is 6.20.